The second-order valence-corrected chi connectivity index (χ2v) is 3.92. The minimum absolute atomic E-state index is 0.455. The Labute approximate surface area is 91.3 Å². The van der Waals surface area contributed by atoms with Crippen LogP contribution in [0.15, 0.2) is 22.7 Å². The number of hydrogen-bond acceptors (Lipinski definition) is 1. The van der Waals surface area contributed by atoms with Gasteiger partial charge in [-0.3, -0.25) is 0 Å². The molecule has 4 heteroatoms. The van der Waals surface area contributed by atoms with Crippen LogP contribution in [0.5, 0.6) is 0 Å². The Morgan fingerprint density at radius 1 is 1.57 bits per heavy atom. The smallest absolute Gasteiger partial charge is 0.404 e. The summed E-state index contributed by atoms with van der Waals surface area (Å²) in [5.74, 6) is 0. The van der Waals surface area contributed by atoms with E-state index < -0.39 is 6.09 Å². The van der Waals surface area contributed by atoms with Crippen LogP contribution in [-0.4, -0.2) is 17.7 Å². The molecule has 0 fully saturated rings. The zero-order valence-corrected chi connectivity index (χ0v) is 9.47. The maximum Gasteiger partial charge on any atom is 0.404 e. The molecule has 0 aliphatic rings. The molecule has 0 spiro atoms. The Balaban J connectivity index is 2.51. The molecular weight excluding hydrogens is 246 g/mol. The first-order valence-corrected chi connectivity index (χ1v) is 5.10. The maximum absolute atomic E-state index is 10.2. The molecule has 3 nitrogen and oxygen atoms in total. The zero-order chi connectivity index (χ0) is 10.6. The van der Waals surface area contributed by atoms with Crippen LogP contribution in [0.25, 0.3) is 0 Å². The summed E-state index contributed by atoms with van der Waals surface area (Å²) >= 11 is 3.41. The third kappa shape index (κ3) is 3.38. The fraction of sp³-hybridized carbons (Fsp3) is 0.300. The molecule has 0 aliphatic heterocycles. The van der Waals surface area contributed by atoms with Gasteiger partial charge in [-0.05, 0) is 30.5 Å². The lowest BCUT2D eigenvalue weighted by Gasteiger charge is -2.04. The molecule has 0 saturated carbocycles. The van der Waals surface area contributed by atoms with E-state index in [0.717, 1.165) is 22.0 Å². The highest BCUT2D eigenvalue weighted by molar-refractivity contribution is 9.10. The number of amides is 1. The molecule has 14 heavy (non-hydrogen) atoms. The number of carboxylic acid groups (broad SMARTS) is 1. The Morgan fingerprint density at radius 3 is 2.86 bits per heavy atom. The number of aryl methyl sites for hydroxylation is 1. The summed E-state index contributed by atoms with van der Waals surface area (Å²) in [5, 5.41) is 10.7. The van der Waals surface area contributed by atoms with Crippen molar-refractivity contribution in [2.45, 2.75) is 13.3 Å². The quantitative estimate of drug-likeness (QED) is 0.875. The summed E-state index contributed by atoms with van der Waals surface area (Å²) in [4.78, 5) is 10.2. The minimum atomic E-state index is -0.973. The fourth-order valence-corrected chi connectivity index (χ4v) is 1.42. The van der Waals surface area contributed by atoms with Crippen LogP contribution in [0.4, 0.5) is 4.79 Å². The standard InChI is InChI=1S/C10H12BrNO2/c1-7-6-8(2-3-9(7)11)4-5-12-10(13)14/h2-3,6,12H,4-5H2,1H3,(H,13,14). The number of benzene rings is 1. The highest BCUT2D eigenvalue weighted by atomic mass is 79.9. The summed E-state index contributed by atoms with van der Waals surface area (Å²) < 4.78 is 1.08. The second-order valence-electron chi connectivity index (χ2n) is 3.07. The van der Waals surface area contributed by atoms with E-state index in [1.54, 1.807) is 0 Å². The van der Waals surface area contributed by atoms with Crippen LogP contribution < -0.4 is 5.32 Å². The van der Waals surface area contributed by atoms with Gasteiger partial charge in [-0.15, -0.1) is 0 Å². The number of carbonyl (C=O) groups is 1. The summed E-state index contributed by atoms with van der Waals surface area (Å²) in [6.07, 6.45) is -0.251. The van der Waals surface area contributed by atoms with E-state index in [2.05, 4.69) is 21.2 Å². The van der Waals surface area contributed by atoms with Crippen molar-refractivity contribution >= 4 is 22.0 Å². The molecule has 0 atom stereocenters. The molecule has 0 bridgehead atoms. The third-order valence-corrected chi connectivity index (χ3v) is 2.80. The first-order valence-electron chi connectivity index (χ1n) is 4.31. The van der Waals surface area contributed by atoms with Gasteiger partial charge in [0.25, 0.3) is 0 Å². The average Bonchev–Trinajstić information content (AvgIpc) is 2.10. The van der Waals surface area contributed by atoms with Gasteiger partial charge < -0.3 is 10.4 Å². The Kier molecular flexibility index (Phi) is 3.95. The van der Waals surface area contributed by atoms with Gasteiger partial charge in [0.15, 0.2) is 0 Å². The first-order chi connectivity index (χ1) is 6.59. The Hall–Kier alpha value is -1.03. The van der Waals surface area contributed by atoms with E-state index in [0.29, 0.717) is 6.54 Å². The summed E-state index contributed by atoms with van der Waals surface area (Å²) in [6, 6.07) is 6.01. The van der Waals surface area contributed by atoms with Gasteiger partial charge in [-0.1, -0.05) is 28.1 Å². The van der Waals surface area contributed by atoms with E-state index in [9.17, 15) is 4.79 Å². The number of rotatable bonds is 3. The van der Waals surface area contributed by atoms with Crippen molar-refractivity contribution in [3.8, 4) is 0 Å². The molecule has 1 amide bonds. The molecule has 1 rings (SSSR count). The van der Waals surface area contributed by atoms with Crippen molar-refractivity contribution in [2.24, 2.45) is 0 Å². The summed E-state index contributed by atoms with van der Waals surface area (Å²) in [7, 11) is 0. The molecule has 76 valence electrons. The topological polar surface area (TPSA) is 49.3 Å². The normalized spacial score (nSPS) is 9.86. The molecule has 0 heterocycles. The Morgan fingerprint density at radius 2 is 2.29 bits per heavy atom. The molecule has 0 radical (unpaired) electrons. The van der Waals surface area contributed by atoms with E-state index in [1.807, 2.05) is 25.1 Å². The van der Waals surface area contributed by atoms with Gasteiger partial charge in [-0.2, -0.15) is 0 Å². The number of hydrogen-bond donors (Lipinski definition) is 2. The van der Waals surface area contributed by atoms with Crippen LogP contribution in [0.3, 0.4) is 0 Å². The van der Waals surface area contributed by atoms with Crippen molar-refractivity contribution < 1.29 is 9.90 Å². The van der Waals surface area contributed by atoms with Gasteiger partial charge in [0, 0.05) is 11.0 Å². The lowest BCUT2D eigenvalue weighted by molar-refractivity contribution is 0.194. The predicted octanol–water partition coefficient (Wildman–Crippen LogP) is 2.57. The first kappa shape index (κ1) is 11.0. The Bertz CT molecular complexity index is 339. The van der Waals surface area contributed by atoms with Crippen LogP contribution in [0.1, 0.15) is 11.1 Å². The largest absolute Gasteiger partial charge is 0.465 e. The van der Waals surface area contributed by atoms with E-state index in [4.69, 9.17) is 5.11 Å². The SMILES string of the molecule is Cc1cc(CCNC(=O)O)ccc1Br. The van der Waals surface area contributed by atoms with Crippen molar-refractivity contribution in [1.29, 1.82) is 0 Å². The summed E-state index contributed by atoms with van der Waals surface area (Å²) in [6.45, 7) is 2.47. The van der Waals surface area contributed by atoms with E-state index >= 15 is 0 Å². The van der Waals surface area contributed by atoms with Crippen molar-refractivity contribution in [3.63, 3.8) is 0 Å². The van der Waals surface area contributed by atoms with Crippen LogP contribution in [0.2, 0.25) is 0 Å². The molecule has 0 aromatic heterocycles. The molecule has 0 saturated heterocycles. The lowest BCUT2D eigenvalue weighted by atomic mass is 10.1. The number of halogens is 1. The maximum atomic E-state index is 10.2. The van der Waals surface area contributed by atoms with E-state index in [1.165, 1.54) is 0 Å². The average molecular weight is 258 g/mol. The molecule has 0 aliphatic carbocycles. The third-order valence-electron chi connectivity index (χ3n) is 1.91. The van der Waals surface area contributed by atoms with Crippen molar-refractivity contribution in [1.82, 2.24) is 5.32 Å². The molecule has 1 aromatic rings. The lowest BCUT2D eigenvalue weighted by Crippen LogP contribution is -2.23. The van der Waals surface area contributed by atoms with Crippen LogP contribution in [0, 0.1) is 6.92 Å². The van der Waals surface area contributed by atoms with Gasteiger partial charge in [0.1, 0.15) is 0 Å². The molecule has 0 unspecified atom stereocenters. The highest BCUT2D eigenvalue weighted by Gasteiger charge is 1.98. The monoisotopic (exact) mass is 257 g/mol. The van der Waals surface area contributed by atoms with E-state index in [-0.39, 0.29) is 0 Å². The molecule has 1 aromatic carbocycles. The van der Waals surface area contributed by atoms with Crippen molar-refractivity contribution in [3.05, 3.63) is 33.8 Å². The molecular formula is C10H12BrNO2. The van der Waals surface area contributed by atoms with Gasteiger partial charge in [-0.25, -0.2) is 4.79 Å². The minimum Gasteiger partial charge on any atom is -0.465 e. The fourth-order valence-electron chi connectivity index (χ4n) is 1.18. The van der Waals surface area contributed by atoms with Crippen molar-refractivity contribution in [2.75, 3.05) is 6.54 Å². The van der Waals surface area contributed by atoms with Gasteiger partial charge in [0.2, 0.25) is 0 Å². The highest BCUT2D eigenvalue weighted by Crippen LogP contribution is 2.17. The summed E-state index contributed by atoms with van der Waals surface area (Å²) in [5.41, 5.74) is 2.30. The zero-order valence-electron chi connectivity index (χ0n) is 7.88. The predicted molar refractivity (Wildman–Crippen MR) is 58.6 cm³/mol. The van der Waals surface area contributed by atoms with Gasteiger partial charge >= 0.3 is 6.09 Å². The molecule has 2 N–H and O–H groups in total. The van der Waals surface area contributed by atoms with Gasteiger partial charge in [0.05, 0.1) is 0 Å². The second kappa shape index (κ2) is 5.00. The van der Waals surface area contributed by atoms with Crippen LogP contribution in [-0.2, 0) is 6.42 Å². The van der Waals surface area contributed by atoms with Crippen LogP contribution >= 0.6 is 15.9 Å². The number of nitrogens with one attached hydrogen (secondary N) is 1.